The first kappa shape index (κ1) is 16.0. The van der Waals surface area contributed by atoms with E-state index in [9.17, 15) is 9.18 Å². The molecule has 0 fully saturated rings. The van der Waals surface area contributed by atoms with Gasteiger partial charge in [0.05, 0.1) is 11.8 Å². The highest BCUT2D eigenvalue weighted by molar-refractivity contribution is 6.85. The Morgan fingerprint density at radius 1 is 1.12 bits per heavy atom. The SMILES string of the molecule is O=C(N/N=C/c1ccc(F)cc1)c1cc2ccccc2cc1OC1=NB1. The third-order valence-electron chi connectivity index (χ3n) is 3.86. The summed E-state index contributed by atoms with van der Waals surface area (Å²) in [6.45, 7) is 0. The molecule has 126 valence electrons. The Labute approximate surface area is 149 Å². The standard InChI is InChI=1S/C19H13BFN3O2/c21-15-7-5-12(6-8-15)11-22-24-18(25)16-9-13-3-1-2-4-14(13)10-17(16)26-19-20-23-19/h1-11,20H,(H,24,25)/b22-11+. The van der Waals surface area contributed by atoms with Crippen LogP contribution in [0, 0.1) is 5.82 Å². The van der Waals surface area contributed by atoms with Gasteiger partial charge in [0.2, 0.25) is 0 Å². The van der Waals surface area contributed by atoms with Crippen molar-refractivity contribution in [2.24, 2.45) is 10.0 Å². The number of benzene rings is 3. The van der Waals surface area contributed by atoms with Crippen molar-refractivity contribution in [2.75, 3.05) is 0 Å². The van der Waals surface area contributed by atoms with Crippen LogP contribution in [0.15, 0.2) is 70.7 Å². The lowest BCUT2D eigenvalue weighted by atomic mass is 10.0. The van der Waals surface area contributed by atoms with Gasteiger partial charge in [-0.15, -0.1) is 0 Å². The van der Waals surface area contributed by atoms with Gasteiger partial charge in [-0.25, -0.2) is 9.82 Å². The molecule has 1 aliphatic heterocycles. The molecule has 0 bridgehead atoms. The van der Waals surface area contributed by atoms with Gasteiger partial charge in [-0.2, -0.15) is 5.10 Å². The Kier molecular flexibility index (Phi) is 4.19. The van der Waals surface area contributed by atoms with Crippen LogP contribution in [0.25, 0.3) is 10.8 Å². The van der Waals surface area contributed by atoms with Crippen molar-refractivity contribution >= 4 is 36.1 Å². The second-order valence-corrected chi connectivity index (χ2v) is 5.76. The average molecular weight is 345 g/mol. The Hall–Kier alpha value is -3.48. The quantitative estimate of drug-likeness (QED) is 0.449. The van der Waals surface area contributed by atoms with Crippen LogP contribution in [0.1, 0.15) is 15.9 Å². The van der Waals surface area contributed by atoms with E-state index in [1.165, 1.54) is 18.3 Å². The molecule has 0 saturated heterocycles. The molecule has 0 aliphatic carbocycles. The highest BCUT2D eigenvalue weighted by Crippen LogP contribution is 2.27. The molecule has 4 rings (SSSR count). The fourth-order valence-corrected chi connectivity index (χ4v) is 2.48. The van der Waals surface area contributed by atoms with Crippen LogP contribution >= 0.6 is 0 Å². The molecule has 0 radical (unpaired) electrons. The van der Waals surface area contributed by atoms with Crippen LogP contribution in [0.4, 0.5) is 4.39 Å². The maximum Gasteiger partial charge on any atom is 0.363 e. The highest BCUT2D eigenvalue weighted by Gasteiger charge is 2.20. The maximum absolute atomic E-state index is 12.9. The molecular formula is C19H13BFN3O2. The predicted molar refractivity (Wildman–Crippen MR) is 101 cm³/mol. The van der Waals surface area contributed by atoms with Crippen LogP contribution in [0.3, 0.4) is 0 Å². The van der Waals surface area contributed by atoms with Gasteiger partial charge in [0, 0.05) is 0 Å². The topological polar surface area (TPSA) is 63.0 Å². The fourth-order valence-electron chi connectivity index (χ4n) is 2.48. The Balaban J connectivity index is 1.58. The molecule has 0 spiro atoms. The molecule has 0 unspecified atom stereocenters. The number of nitrogens with one attached hydrogen (secondary N) is 1. The first-order valence-corrected chi connectivity index (χ1v) is 8.02. The first-order chi connectivity index (χ1) is 12.7. The summed E-state index contributed by atoms with van der Waals surface area (Å²) in [6, 6.07) is 17.1. The van der Waals surface area contributed by atoms with E-state index in [1.54, 1.807) is 18.2 Å². The fraction of sp³-hybridized carbons (Fsp3) is 0. The van der Waals surface area contributed by atoms with Crippen LogP contribution in [-0.2, 0) is 0 Å². The van der Waals surface area contributed by atoms with Crippen LogP contribution < -0.4 is 10.2 Å². The van der Waals surface area contributed by atoms with Gasteiger partial charge in [0.25, 0.3) is 5.91 Å². The van der Waals surface area contributed by atoms with Crippen molar-refractivity contribution in [1.29, 1.82) is 0 Å². The number of halogens is 1. The van der Waals surface area contributed by atoms with Crippen molar-refractivity contribution in [1.82, 2.24) is 5.43 Å². The number of carbonyl (C=O) groups excluding carboxylic acids is 1. The summed E-state index contributed by atoms with van der Waals surface area (Å²) in [5, 5.41) is 5.82. The summed E-state index contributed by atoms with van der Waals surface area (Å²) in [5.74, 6) is 0.316. The second kappa shape index (κ2) is 6.80. The minimum Gasteiger partial charge on any atom is -0.452 e. The van der Waals surface area contributed by atoms with E-state index in [0.717, 1.165) is 10.8 Å². The average Bonchev–Trinajstić information content (AvgIpc) is 3.47. The van der Waals surface area contributed by atoms with E-state index in [-0.39, 0.29) is 5.82 Å². The lowest BCUT2D eigenvalue weighted by Crippen LogP contribution is -2.19. The third kappa shape index (κ3) is 3.61. The van der Waals surface area contributed by atoms with Crippen LogP contribution in [0.2, 0.25) is 0 Å². The molecule has 1 N–H and O–H groups in total. The lowest BCUT2D eigenvalue weighted by Gasteiger charge is -2.09. The molecule has 7 heteroatoms. The van der Waals surface area contributed by atoms with Crippen molar-refractivity contribution in [3.63, 3.8) is 0 Å². The molecule has 26 heavy (non-hydrogen) atoms. The van der Waals surface area contributed by atoms with Crippen molar-refractivity contribution in [3.8, 4) is 5.75 Å². The summed E-state index contributed by atoms with van der Waals surface area (Å²) in [6.07, 6.45) is 1.45. The van der Waals surface area contributed by atoms with Gasteiger partial charge < -0.3 is 9.64 Å². The minimum atomic E-state index is -0.398. The van der Waals surface area contributed by atoms with E-state index in [0.29, 0.717) is 30.1 Å². The van der Waals surface area contributed by atoms with Gasteiger partial charge in [-0.1, -0.05) is 36.4 Å². The molecule has 1 amide bonds. The smallest absolute Gasteiger partial charge is 0.363 e. The number of ether oxygens (including phenoxy) is 1. The predicted octanol–water partition coefficient (Wildman–Crippen LogP) is 2.84. The Morgan fingerprint density at radius 3 is 2.50 bits per heavy atom. The molecule has 0 atom stereocenters. The normalized spacial score (nSPS) is 12.6. The number of amides is 1. The molecule has 1 heterocycles. The summed E-state index contributed by atoms with van der Waals surface area (Å²) in [7, 11) is 0.552. The van der Waals surface area contributed by atoms with Gasteiger partial charge in [0.15, 0.2) is 5.80 Å². The number of carbonyl (C=O) groups is 1. The number of rotatable bonds is 4. The zero-order chi connectivity index (χ0) is 17.9. The number of nitrogens with zero attached hydrogens (tertiary/aromatic N) is 2. The monoisotopic (exact) mass is 345 g/mol. The lowest BCUT2D eigenvalue weighted by molar-refractivity contribution is 0.0953. The number of hydrazone groups is 1. The minimum absolute atomic E-state index is 0.327. The molecule has 3 aromatic rings. The number of hydrogen-bond donors (Lipinski definition) is 1. The van der Waals surface area contributed by atoms with E-state index in [1.807, 2.05) is 30.3 Å². The summed E-state index contributed by atoms with van der Waals surface area (Å²) in [5.41, 5.74) is 3.52. The number of fused-ring (bicyclic) bond motifs is 1. The van der Waals surface area contributed by atoms with Gasteiger partial charge in [-0.05, 0) is 40.6 Å². The molecular weight excluding hydrogens is 332 g/mol. The largest absolute Gasteiger partial charge is 0.452 e. The third-order valence-corrected chi connectivity index (χ3v) is 3.86. The van der Waals surface area contributed by atoms with Crippen molar-refractivity contribution < 1.29 is 13.9 Å². The molecule has 0 aromatic heterocycles. The second-order valence-electron chi connectivity index (χ2n) is 5.76. The number of hydrogen-bond acceptors (Lipinski definition) is 4. The van der Waals surface area contributed by atoms with E-state index in [4.69, 9.17) is 4.74 Å². The molecule has 3 aromatic carbocycles. The van der Waals surface area contributed by atoms with Crippen LogP contribution in [0.5, 0.6) is 5.75 Å². The van der Waals surface area contributed by atoms with E-state index in [2.05, 4.69) is 15.4 Å². The van der Waals surface area contributed by atoms with Crippen molar-refractivity contribution in [3.05, 3.63) is 77.6 Å². The Morgan fingerprint density at radius 2 is 1.81 bits per heavy atom. The van der Waals surface area contributed by atoms with Gasteiger partial charge in [0.1, 0.15) is 11.6 Å². The summed E-state index contributed by atoms with van der Waals surface area (Å²) < 4.78 is 18.6. The van der Waals surface area contributed by atoms with Crippen LogP contribution in [-0.4, -0.2) is 25.3 Å². The molecule has 5 nitrogen and oxygen atoms in total. The summed E-state index contributed by atoms with van der Waals surface area (Å²) in [4.78, 5) is 16.5. The zero-order valence-electron chi connectivity index (χ0n) is 13.6. The van der Waals surface area contributed by atoms with E-state index >= 15 is 0 Å². The molecule has 1 aliphatic rings. The first-order valence-electron chi connectivity index (χ1n) is 8.02. The zero-order valence-corrected chi connectivity index (χ0v) is 13.6. The van der Waals surface area contributed by atoms with Crippen molar-refractivity contribution in [2.45, 2.75) is 0 Å². The van der Waals surface area contributed by atoms with Gasteiger partial charge >= 0.3 is 7.41 Å². The highest BCUT2D eigenvalue weighted by atomic mass is 19.1. The van der Waals surface area contributed by atoms with E-state index < -0.39 is 5.91 Å². The van der Waals surface area contributed by atoms with Gasteiger partial charge in [-0.3, -0.25) is 4.79 Å². The summed E-state index contributed by atoms with van der Waals surface area (Å²) >= 11 is 0. The molecule has 0 saturated carbocycles. The maximum atomic E-state index is 12.9. The Bertz CT molecular complexity index is 1050.